The van der Waals surface area contributed by atoms with E-state index in [1.807, 2.05) is 0 Å². The molecule has 3 nitrogen and oxygen atoms in total. The monoisotopic (exact) mass is 391 g/mol. The summed E-state index contributed by atoms with van der Waals surface area (Å²) in [5.74, 6) is 0. The number of hydrogen-bond acceptors (Lipinski definition) is 3. The summed E-state index contributed by atoms with van der Waals surface area (Å²) in [6.07, 6.45) is 0. The zero-order valence-electron chi connectivity index (χ0n) is 6.47. The van der Waals surface area contributed by atoms with E-state index in [0.717, 1.165) is 26.2 Å². The van der Waals surface area contributed by atoms with Crippen molar-refractivity contribution in [2.75, 3.05) is 26.2 Å². The van der Waals surface area contributed by atoms with Gasteiger partial charge in [-0.25, -0.2) is 0 Å². The fraction of sp³-hybridized carbons (Fsp3) is 0.800. The molecule has 0 aromatic heterocycles. The van der Waals surface area contributed by atoms with E-state index in [-0.39, 0.29) is 30.5 Å². The van der Waals surface area contributed by atoms with Gasteiger partial charge < -0.3 is 16.4 Å². The van der Waals surface area contributed by atoms with Crippen LogP contribution in [0.3, 0.4) is 0 Å². The van der Waals surface area contributed by atoms with E-state index in [4.69, 9.17) is 5.73 Å². The van der Waals surface area contributed by atoms with Gasteiger partial charge in [-0.2, -0.15) is 0 Å². The molecule has 0 atom stereocenters. The normalized spacial score (nSPS) is 15.4. The maximum atomic E-state index is 4.71. The average molecular weight is 391 g/mol. The van der Waals surface area contributed by atoms with Crippen molar-refractivity contribution in [1.82, 2.24) is 10.6 Å². The first-order chi connectivity index (χ1) is 4.73. The van der Waals surface area contributed by atoms with Gasteiger partial charge in [0.05, 0.1) is 0 Å². The summed E-state index contributed by atoms with van der Waals surface area (Å²) in [6.45, 7) is 4.56. The minimum absolute atomic E-state index is 0. The van der Waals surface area contributed by atoms with Gasteiger partial charge in [-0.1, -0.05) is 12.2 Å². The summed E-state index contributed by atoms with van der Waals surface area (Å²) in [5, 5.41) is 6.44. The first-order valence-corrected chi connectivity index (χ1v) is 3.99. The number of rotatable bonds is 0. The molecule has 0 spiro atoms. The predicted molar refractivity (Wildman–Crippen MR) is 61.4 cm³/mol. The summed E-state index contributed by atoms with van der Waals surface area (Å²) in [6, 6.07) is 0. The Morgan fingerprint density at radius 3 is 1.45 bits per heavy atom. The zero-order valence-corrected chi connectivity index (χ0v) is 13.7. The van der Waals surface area contributed by atoms with Crippen molar-refractivity contribution in [1.29, 1.82) is 0 Å². The first-order valence-electron chi connectivity index (χ1n) is 3.13. The number of nitrogens with one attached hydrogen (secondary N) is 2. The molecule has 1 rings (SSSR count). The van der Waals surface area contributed by atoms with Gasteiger partial charge in [0.2, 0.25) is 0 Å². The molecule has 11 heavy (non-hydrogen) atoms. The number of nitrogens with two attached hydrogens (primary N) is 1. The van der Waals surface area contributed by atoms with E-state index in [1.54, 1.807) is 0 Å². The van der Waals surface area contributed by atoms with E-state index < -0.39 is 0 Å². The number of thiol groups is 1. The van der Waals surface area contributed by atoms with E-state index in [9.17, 15) is 0 Å². The second-order valence-electron chi connectivity index (χ2n) is 1.84. The second kappa shape index (κ2) is 11.0. The van der Waals surface area contributed by atoms with Crippen molar-refractivity contribution in [2.45, 2.75) is 0 Å². The molecule has 1 fully saturated rings. The molecule has 0 amide bonds. The van der Waals surface area contributed by atoms with Gasteiger partial charge in [0.1, 0.15) is 4.32 Å². The van der Waals surface area contributed by atoms with Gasteiger partial charge in [-0.3, -0.25) is 0 Å². The topological polar surface area (TPSA) is 50.1 Å². The number of thiocarbonyl (C=S) groups is 1. The van der Waals surface area contributed by atoms with Gasteiger partial charge in [0.15, 0.2) is 0 Å². The zero-order chi connectivity index (χ0) is 7.82. The minimum atomic E-state index is 0. The van der Waals surface area contributed by atoms with Crippen molar-refractivity contribution in [3.8, 4) is 0 Å². The van der Waals surface area contributed by atoms with E-state index >= 15 is 0 Å². The summed E-state index contributed by atoms with van der Waals surface area (Å²) >= 11 is 7.65. The van der Waals surface area contributed by atoms with Gasteiger partial charge in [0, 0.05) is 26.2 Å². The van der Waals surface area contributed by atoms with E-state index in [0.29, 0.717) is 0 Å². The van der Waals surface area contributed by atoms with Crippen molar-refractivity contribution in [3.05, 3.63) is 0 Å². The van der Waals surface area contributed by atoms with E-state index in [2.05, 4.69) is 35.5 Å². The SMILES string of the molecule is C1CNCCN1.NC(=S)S.[BiH3]. The Bertz CT molecular complexity index is 82.2. The van der Waals surface area contributed by atoms with Crippen molar-refractivity contribution in [3.63, 3.8) is 0 Å². The molecular weight excluding hydrogens is 375 g/mol. The van der Waals surface area contributed by atoms with Crippen LogP contribution in [-0.4, -0.2) is 56.7 Å². The van der Waals surface area contributed by atoms with Gasteiger partial charge in [0.25, 0.3) is 0 Å². The molecule has 1 aliphatic heterocycles. The molecule has 0 aromatic carbocycles. The molecule has 0 radical (unpaired) electrons. The average Bonchev–Trinajstić information content (AvgIpc) is 1.90. The molecule has 0 saturated carbocycles. The Kier molecular flexibility index (Phi) is 14.6. The van der Waals surface area contributed by atoms with Crippen molar-refractivity contribution in [2.24, 2.45) is 5.73 Å². The molecule has 1 aliphatic rings. The van der Waals surface area contributed by atoms with Crippen molar-refractivity contribution >= 4 is 55.4 Å². The molecule has 0 unspecified atom stereocenters. The van der Waals surface area contributed by atoms with Crippen molar-refractivity contribution < 1.29 is 0 Å². The second-order valence-corrected chi connectivity index (χ2v) is 3.06. The molecule has 1 saturated heterocycles. The number of hydrogen-bond donors (Lipinski definition) is 4. The van der Waals surface area contributed by atoms with Crippen LogP contribution in [0.1, 0.15) is 0 Å². The quantitative estimate of drug-likeness (QED) is 0.223. The Balaban J connectivity index is 0. The molecule has 1 heterocycles. The molecular formula is C5H16BiN3S2. The van der Waals surface area contributed by atoms with Crippen LogP contribution >= 0.6 is 24.8 Å². The van der Waals surface area contributed by atoms with Crippen LogP contribution < -0.4 is 16.4 Å². The fourth-order valence-corrected chi connectivity index (χ4v) is 0.604. The fourth-order valence-electron chi connectivity index (χ4n) is 0.604. The summed E-state index contributed by atoms with van der Waals surface area (Å²) < 4.78 is 0.194. The Morgan fingerprint density at radius 1 is 1.18 bits per heavy atom. The Labute approximate surface area is 97.4 Å². The summed E-state index contributed by atoms with van der Waals surface area (Å²) in [4.78, 5) is 0. The van der Waals surface area contributed by atoms with Crippen LogP contribution in [0.2, 0.25) is 0 Å². The third-order valence-corrected chi connectivity index (χ3v) is 0.957. The molecule has 0 bridgehead atoms. The van der Waals surface area contributed by atoms with Crippen LogP contribution in [0.25, 0.3) is 0 Å². The maximum absolute atomic E-state index is 4.71. The molecule has 68 valence electrons. The molecule has 0 aliphatic carbocycles. The Hall–Kier alpha value is 1.04. The van der Waals surface area contributed by atoms with Crippen LogP contribution in [-0.2, 0) is 0 Å². The van der Waals surface area contributed by atoms with Crippen LogP contribution in [0.4, 0.5) is 0 Å². The summed E-state index contributed by atoms with van der Waals surface area (Å²) in [7, 11) is 0. The third kappa shape index (κ3) is 18.2. The summed E-state index contributed by atoms with van der Waals surface area (Å²) in [5.41, 5.74) is 4.71. The first kappa shape index (κ1) is 14.6. The number of piperazine rings is 1. The van der Waals surface area contributed by atoms with Crippen LogP contribution in [0.5, 0.6) is 0 Å². The van der Waals surface area contributed by atoms with Gasteiger partial charge >= 0.3 is 26.2 Å². The van der Waals surface area contributed by atoms with Crippen LogP contribution in [0.15, 0.2) is 0 Å². The standard InChI is InChI=1S/C4H10N2.CH3NS2.Bi.3H/c1-2-6-4-3-5-1;2-1(3)4;;;;/h5-6H,1-4H2;(H3,2,3,4);;;;. The third-order valence-electron chi connectivity index (χ3n) is 0.957. The van der Waals surface area contributed by atoms with Gasteiger partial charge in [-0.15, -0.1) is 12.6 Å². The van der Waals surface area contributed by atoms with Crippen LogP contribution in [0, 0.1) is 0 Å². The predicted octanol–water partition coefficient (Wildman–Crippen LogP) is -1.84. The van der Waals surface area contributed by atoms with E-state index in [1.165, 1.54) is 0 Å². The molecule has 6 heteroatoms. The molecule has 0 aromatic rings. The molecule has 4 N–H and O–H groups in total. The Morgan fingerprint density at radius 2 is 1.36 bits per heavy atom. The van der Waals surface area contributed by atoms with Gasteiger partial charge in [-0.05, 0) is 0 Å².